The normalized spacial score (nSPS) is 66.3. The molecule has 1 fully saturated rings. The lowest BCUT2D eigenvalue weighted by molar-refractivity contribution is 0.534. The monoisotopic (exact) mass is 130 g/mol. The minimum absolute atomic E-state index is 0. The second-order valence-corrected chi connectivity index (χ2v) is 0.750. The van der Waals surface area contributed by atoms with Gasteiger partial charge in [-0.2, -0.15) is 0 Å². The van der Waals surface area contributed by atoms with Gasteiger partial charge in [-0.05, 0) is 0 Å². The van der Waals surface area contributed by atoms with Gasteiger partial charge in [-0.3, -0.25) is 0 Å². The lowest BCUT2D eigenvalue weighted by Crippen LogP contribution is -2.39. The van der Waals surface area contributed by atoms with Gasteiger partial charge in [0.1, 0.15) is 0 Å². The van der Waals surface area contributed by atoms with Gasteiger partial charge in [0, 0.05) is 37.0 Å². The topological polar surface area (TPSA) is 24.1 Å². The first-order chi connectivity index (χ1) is 5.91. The number of nitrogens with one attached hydrogen (secondary N) is 2. The number of hydrogen-bond donors (Lipinski definition) is 2. The van der Waals surface area contributed by atoms with Gasteiger partial charge in [0.05, 0.1) is 0 Å². The summed E-state index contributed by atoms with van der Waals surface area (Å²) in [6, 6.07) is 0. The Morgan fingerprint density at radius 1 is 1.00 bits per heavy atom. The maximum atomic E-state index is 7.17. The second-order valence-electron chi connectivity index (χ2n) is 0.750. The van der Waals surface area contributed by atoms with Crippen LogP contribution in [0.3, 0.4) is 0 Å². The highest BCUT2D eigenvalue weighted by atomic mass is 35.5. The summed E-state index contributed by atoms with van der Waals surface area (Å²) in [4.78, 5) is 0. The Balaban J connectivity index is 0.00000196. The van der Waals surface area contributed by atoms with Crippen LogP contribution in [0.4, 0.5) is 0 Å². The van der Waals surface area contributed by atoms with Crippen LogP contribution in [0, 0.1) is 0 Å². The van der Waals surface area contributed by atoms with E-state index >= 15 is 0 Å². The Morgan fingerprint density at radius 3 is 1.57 bits per heavy atom. The highest BCUT2D eigenvalue weighted by molar-refractivity contribution is 5.85. The standard InChI is InChI=1S/C4H10N2.ClH/c1-2-6-4-3-5-1;/h5-6H,1-4H2;1H/i1D2,2D2,3D2,4D2;. The van der Waals surface area contributed by atoms with Crippen molar-refractivity contribution in [2.45, 2.75) is 0 Å². The number of halogens is 1. The molecule has 44 valence electrons. The quantitative estimate of drug-likeness (QED) is 0.467. The van der Waals surface area contributed by atoms with Gasteiger partial charge in [0.2, 0.25) is 0 Å². The molecule has 0 aromatic heterocycles. The lowest BCUT2D eigenvalue weighted by Gasteiger charge is -2.11. The number of rotatable bonds is 0. The molecule has 3 heteroatoms. The first-order valence-electron chi connectivity index (χ1n) is 5.50. The predicted molar refractivity (Wildman–Crippen MR) is 33.0 cm³/mol. The maximum absolute atomic E-state index is 7.17. The molecule has 0 unspecified atom stereocenters. The fourth-order valence-corrected chi connectivity index (χ4v) is 0.188. The predicted octanol–water partition coefficient (Wildman–Crippen LogP) is -0.399. The third-order valence-electron chi connectivity index (χ3n) is 0.375. The van der Waals surface area contributed by atoms with Gasteiger partial charge < -0.3 is 10.6 Å². The highest BCUT2D eigenvalue weighted by Crippen LogP contribution is 1.65. The molecule has 1 saturated heterocycles. The fraction of sp³-hybridized carbons (Fsp3) is 1.00. The average Bonchev–Trinajstić information content (AvgIpc) is 1.78. The van der Waals surface area contributed by atoms with Crippen molar-refractivity contribution in [1.29, 1.82) is 0 Å². The lowest BCUT2D eigenvalue weighted by atomic mass is 10.4. The molecule has 0 spiro atoms. The van der Waals surface area contributed by atoms with Crippen molar-refractivity contribution in [3.05, 3.63) is 0 Å². The van der Waals surface area contributed by atoms with Crippen LogP contribution in [0.15, 0.2) is 0 Å². The number of hydrogen-bond acceptors (Lipinski definition) is 2. The Hall–Kier alpha value is 0.210. The molecule has 0 atom stereocenters. The fourth-order valence-electron chi connectivity index (χ4n) is 0.188. The average molecular weight is 131 g/mol. The van der Waals surface area contributed by atoms with Crippen molar-refractivity contribution in [1.82, 2.24) is 10.6 Å². The summed E-state index contributed by atoms with van der Waals surface area (Å²) in [5.74, 6) is 0. The van der Waals surface area contributed by atoms with Gasteiger partial charge in [0.15, 0.2) is 0 Å². The van der Waals surface area contributed by atoms with Gasteiger partial charge in [-0.15, -0.1) is 12.4 Å². The second kappa shape index (κ2) is 4.37. The van der Waals surface area contributed by atoms with Gasteiger partial charge in [0.25, 0.3) is 0 Å². The molecule has 1 aliphatic heterocycles. The van der Waals surface area contributed by atoms with Crippen molar-refractivity contribution < 1.29 is 11.0 Å². The van der Waals surface area contributed by atoms with Crippen LogP contribution >= 0.6 is 12.4 Å². The van der Waals surface area contributed by atoms with E-state index in [9.17, 15) is 0 Å². The molecule has 2 nitrogen and oxygen atoms in total. The van der Waals surface area contributed by atoms with Crippen LogP contribution in [-0.4, -0.2) is 26.0 Å². The van der Waals surface area contributed by atoms with Gasteiger partial charge in [-0.1, -0.05) is 0 Å². The minimum Gasteiger partial charge on any atom is -0.314 e. The Kier molecular flexibility index (Phi) is 0.860. The third kappa shape index (κ3) is 2.85. The van der Waals surface area contributed by atoms with Crippen LogP contribution in [0.5, 0.6) is 0 Å². The molecule has 0 aliphatic carbocycles. The highest BCUT2D eigenvalue weighted by Gasteiger charge is 1.91. The van der Waals surface area contributed by atoms with E-state index in [0.29, 0.717) is 0 Å². The van der Waals surface area contributed by atoms with E-state index in [-0.39, 0.29) is 12.4 Å². The molecule has 0 amide bonds. The van der Waals surface area contributed by atoms with Crippen LogP contribution in [0.25, 0.3) is 0 Å². The van der Waals surface area contributed by atoms with Crippen LogP contribution in [0.2, 0.25) is 0 Å². The van der Waals surface area contributed by atoms with E-state index in [1.54, 1.807) is 10.6 Å². The molecule has 1 aliphatic rings. The summed E-state index contributed by atoms with van der Waals surface area (Å²) in [5.41, 5.74) is 0. The summed E-state index contributed by atoms with van der Waals surface area (Å²) >= 11 is 0. The zero-order valence-corrected chi connectivity index (χ0v) is 4.22. The molecule has 0 bridgehead atoms. The first-order valence-corrected chi connectivity index (χ1v) is 1.50. The van der Waals surface area contributed by atoms with Crippen molar-refractivity contribution in [3.8, 4) is 0 Å². The van der Waals surface area contributed by atoms with Gasteiger partial charge in [-0.25, -0.2) is 0 Å². The molecule has 0 saturated carbocycles. The molecule has 7 heavy (non-hydrogen) atoms. The molecule has 1 heterocycles. The summed E-state index contributed by atoms with van der Waals surface area (Å²) < 4.78 is 57.4. The van der Waals surface area contributed by atoms with E-state index in [2.05, 4.69) is 0 Å². The molecular weight excluding hydrogens is 112 g/mol. The van der Waals surface area contributed by atoms with E-state index in [1.165, 1.54) is 0 Å². The Morgan fingerprint density at radius 2 is 1.29 bits per heavy atom. The molecule has 2 N–H and O–H groups in total. The number of piperazine rings is 1. The van der Waals surface area contributed by atoms with Crippen molar-refractivity contribution in [3.63, 3.8) is 0 Å². The Bertz CT molecular complexity index is 203. The van der Waals surface area contributed by atoms with Crippen molar-refractivity contribution in [2.75, 3.05) is 26.0 Å². The van der Waals surface area contributed by atoms with Crippen LogP contribution in [-0.2, 0) is 0 Å². The molecule has 0 aromatic rings. The van der Waals surface area contributed by atoms with E-state index < -0.39 is 26.0 Å². The summed E-state index contributed by atoms with van der Waals surface area (Å²) in [7, 11) is 0. The zero-order valence-electron chi connectivity index (χ0n) is 11.4. The van der Waals surface area contributed by atoms with Crippen molar-refractivity contribution in [2.24, 2.45) is 0 Å². The van der Waals surface area contributed by atoms with Crippen LogP contribution in [0.1, 0.15) is 11.0 Å². The largest absolute Gasteiger partial charge is 0.314 e. The third-order valence-corrected chi connectivity index (χ3v) is 0.375. The van der Waals surface area contributed by atoms with E-state index in [4.69, 9.17) is 11.0 Å². The molecule has 0 radical (unpaired) electrons. The first kappa shape index (κ1) is 1.38. The zero-order chi connectivity index (χ0) is 11.4. The summed E-state index contributed by atoms with van der Waals surface area (Å²) in [6.07, 6.45) is 0. The van der Waals surface area contributed by atoms with E-state index in [1.807, 2.05) is 0 Å². The SMILES string of the molecule is Cl.[2H]C1([2H])NC([2H])([2H])C([2H])([2H])NC1([2H])[2H]. The van der Waals surface area contributed by atoms with E-state index in [0.717, 1.165) is 0 Å². The maximum Gasteiger partial charge on any atom is 0.0441 e. The summed E-state index contributed by atoms with van der Waals surface area (Å²) in [6.45, 7) is -10.7. The Labute approximate surface area is 61.3 Å². The van der Waals surface area contributed by atoms with Gasteiger partial charge >= 0.3 is 0 Å². The minimum atomic E-state index is -2.68. The summed E-state index contributed by atoms with van der Waals surface area (Å²) in [5, 5.41) is 3.33. The molecule has 1 rings (SSSR count). The van der Waals surface area contributed by atoms with Crippen LogP contribution < -0.4 is 10.6 Å². The van der Waals surface area contributed by atoms with Crippen molar-refractivity contribution >= 4 is 12.4 Å². The molecular formula is C4H11ClN2. The smallest absolute Gasteiger partial charge is 0.0441 e. The molecule has 0 aromatic carbocycles.